The highest BCUT2D eigenvalue weighted by molar-refractivity contribution is 5.54. The summed E-state index contributed by atoms with van der Waals surface area (Å²) in [6, 6.07) is 6.11. The van der Waals surface area contributed by atoms with Gasteiger partial charge in [-0.15, -0.1) is 0 Å². The molecule has 4 nitrogen and oxygen atoms in total. The molecule has 2 saturated heterocycles. The number of aliphatic hydroxyl groups excluding tert-OH is 1. The molecule has 0 spiro atoms. The van der Waals surface area contributed by atoms with Crippen molar-refractivity contribution >= 4 is 5.69 Å². The summed E-state index contributed by atoms with van der Waals surface area (Å²) in [5.74, 6) is -0.0633. The van der Waals surface area contributed by atoms with Gasteiger partial charge < -0.3 is 14.9 Å². The Morgan fingerprint density at radius 2 is 1.88 bits per heavy atom. The third-order valence-electron chi connectivity index (χ3n) is 5.77. The summed E-state index contributed by atoms with van der Waals surface area (Å²) >= 11 is 0. The second-order valence-electron chi connectivity index (χ2n) is 7.50. The van der Waals surface area contributed by atoms with E-state index in [4.69, 9.17) is 5.11 Å². The van der Waals surface area contributed by atoms with Crippen molar-refractivity contribution in [1.29, 1.82) is 0 Å². The number of rotatable bonds is 7. The number of anilines is 1. The van der Waals surface area contributed by atoms with Crippen LogP contribution in [-0.2, 0) is 6.54 Å². The summed E-state index contributed by atoms with van der Waals surface area (Å²) in [6.07, 6.45) is 5.50. The van der Waals surface area contributed by atoms with E-state index < -0.39 is 0 Å². The van der Waals surface area contributed by atoms with E-state index in [9.17, 15) is 4.39 Å². The van der Waals surface area contributed by atoms with Crippen molar-refractivity contribution in [2.75, 3.05) is 51.3 Å². The molecule has 5 heteroatoms. The Morgan fingerprint density at radius 1 is 1.16 bits per heavy atom. The quantitative estimate of drug-likeness (QED) is 0.820. The minimum Gasteiger partial charge on any atom is -0.396 e. The van der Waals surface area contributed by atoms with Crippen molar-refractivity contribution in [2.45, 2.75) is 44.7 Å². The lowest BCUT2D eigenvalue weighted by Gasteiger charge is -2.37. The zero-order valence-corrected chi connectivity index (χ0v) is 15.5. The molecular weight excluding hydrogens is 317 g/mol. The van der Waals surface area contributed by atoms with E-state index in [1.54, 1.807) is 6.07 Å². The topological polar surface area (TPSA) is 30.0 Å². The lowest BCUT2D eigenvalue weighted by molar-refractivity contribution is 0.117. The second-order valence-corrected chi connectivity index (χ2v) is 7.50. The third-order valence-corrected chi connectivity index (χ3v) is 5.77. The Bertz CT molecular complexity index is 540. The Labute approximate surface area is 151 Å². The number of aliphatic hydroxyl groups is 1. The van der Waals surface area contributed by atoms with Crippen LogP contribution >= 0.6 is 0 Å². The first-order valence-corrected chi connectivity index (χ1v) is 9.75. The van der Waals surface area contributed by atoms with Gasteiger partial charge in [-0.1, -0.05) is 6.07 Å². The summed E-state index contributed by atoms with van der Waals surface area (Å²) in [6.45, 7) is 6.06. The lowest BCUT2D eigenvalue weighted by Crippen LogP contribution is -2.43. The number of piperidine rings is 1. The fraction of sp³-hybridized carbons (Fsp3) is 0.700. The first-order valence-electron chi connectivity index (χ1n) is 9.75. The molecule has 0 radical (unpaired) electrons. The van der Waals surface area contributed by atoms with E-state index in [1.165, 1.54) is 12.8 Å². The Morgan fingerprint density at radius 3 is 2.56 bits per heavy atom. The number of hydrogen-bond acceptors (Lipinski definition) is 4. The molecule has 0 aliphatic carbocycles. The summed E-state index contributed by atoms with van der Waals surface area (Å²) < 4.78 is 14.5. The predicted molar refractivity (Wildman–Crippen MR) is 100 cm³/mol. The van der Waals surface area contributed by atoms with Gasteiger partial charge >= 0.3 is 0 Å². The Hall–Kier alpha value is -1.17. The lowest BCUT2D eigenvalue weighted by atomic mass is 10.0. The maximum Gasteiger partial charge on any atom is 0.129 e. The largest absolute Gasteiger partial charge is 0.396 e. The van der Waals surface area contributed by atoms with Gasteiger partial charge in [0.25, 0.3) is 0 Å². The molecule has 0 amide bonds. The molecule has 2 aliphatic heterocycles. The van der Waals surface area contributed by atoms with E-state index >= 15 is 0 Å². The van der Waals surface area contributed by atoms with Crippen LogP contribution in [0.2, 0.25) is 0 Å². The molecule has 1 aromatic carbocycles. The molecule has 140 valence electrons. The van der Waals surface area contributed by atoms with Crippen LogP contribution in [0.15, 0.2) is 18.2 Å². The number of nitrogens with zero attached hydrogens (tertiary/aromatic N) is 3. The van der Waals surface area contributed by atoms with Crippen molar-refractivity contribution in [3.05, 3.63) is 29.6 Å². The highest BCUT2D eigenvalue weighted by atomic mass is 19.1. The predicted octanol–water partition coefficient (Wildman–Crippen LogP) is 2.70. The summed E-state index contributed by atoms with van der Waals surface area (Å²) in [5, 5.41) is 8.99. The van der Waals surface area contributed by atoms with Gasteiger partial charge in [-0.25, -0.2) is 4.39 Å². The average molecular weight is 349 g/mol. The van der Waals surface area contributed by atoms with Crippen LogP contribution in [0.5, 0.6) is 0 Å². The van der Waals surface area contributed by atoms with E-state index in [0.717, 1.165) is 63.2 Å². The molecular formula is C20H32FN3O. The van der Waals surface area contributed by atoms with Crippen molar-refractivity contribution in [1.82, 2.24) is 9.80 Å². The van der Waals surface area contributed by atoms with Crippen molar-refractivity contribution in [2.24, 2.45) is 0 Å². The second kappa shape index (κ2) is 8.97. The van der Waals surface area contributed by atoms with Gasteiger partial charge in [0.15, 0.2) is 0 Å². The smallest absolute Gasteiger partial charge is 0.129 e. The van der Waals surface area contributed by atoms with E-state index in [1.807, 2.05) is 6.07 Å². The van der Waals surface area contributed by atoms with Gasteiger partial charge in [0.2, 0.25) is 0 Å². The zero-order valence-electron chi connectivity index (χ0n) is 15.5. The Balaban J connectivity index is 1.59. The monoisotopic (exact) mass is 349 g/mol. The van der Waals surface area contributed by atoms with Crippen LogP contribution in [0.4, 0.5) is 10.1 Å². The molecule has 0 unspecified atom stereocenters. The average Bonchev–Trinajstić information content (AvgIpc) is 3.16. The molecule has 0 aromatic heterocycles. The van der Waals surface area contributed by atoms with Crippen LogP contribution in [0.1, 0.15) is 37.7 Å². The summed E-state index contributed by atoms with van der Waals surface area (Å²) in [7, 11) is 2.15. The molecule has 1 aromatic rings. The molecule has 0 saturated carbocycles. The summed E-state index contributed by atoms with van der Waals surface area (Å²) in [4.78, 5) is 7.11. The Kier molecular flexibility index (Phi) is 6.68. The normalized spacial score (nSPS) is 19.9. The highest BCUT2D eigenvalue weighted by Gasteiger charge is 2.25. The minimum absolute atomic E-state index is 0.0633. The van der Waals surface area contributed by atoms with Gasteiger partial charge in [0.05, 0.1) is 0 Å². The fourth-order valence-electron chi connectivity index (χ4n) is 4.20. The number of likely N-dealkylation sites (tertiary alicyclic amines) is 1. The maximum atomic E-state index is 14.5. The van der Waals surface area contributed by atoms with Crippen LogP contribution in [0.25, 0.3) is 0 Å². The van der Waals surface area contributed by atoms with Crippen LogP contribution in [-0.4, -0.2) is 67.3 Å². The van der Waals surface area contributed by atoms with Gasteiger partial charge in [0, 0.05) is 50.1 Å². The maximum absolute atomic E-state index is 14.5. The van der Waals surface area contributed by atoms with Gasteiger partial charge in [-0.3, -0.25) is 4.90 Å². The molecule has 2 heterocycles. The van der Waals surface area contributed by atoms with Gasteiger partial charge in [-0.05, 0) is 64.4 Å². The number of hydrogen-bond donors (Lipinski definition) is 1. The van der Waals surface area contributed by atoms with E-state index in [-0.39, 0.29) is 12.4 Å². The van der Waals surface area contributed by atoms with Crippen molar-refractivity contribution in [3.63, 3.8) is 0 Å². The molecule has 2 aliphatic rings. The SMILES string of the molecule is CN(CCCO)C1CCN(Cc2c(F)cccc2N2CCCC2)CC1. The standard InChI is InChI=1S/C20H32FN3O/c1-22(10-5-15-25)17-8-13-23(14-9-17)16-18-19(21)6-4-7-20(18)24-11-2-3-12-24/h4,6-7,17,25H,2-3,5,8-16H2,1H3. The number of halogens is 1. The van der Waals surface area contributed by atoms with Gasteiger partial charge in [0.1, 0.15) is 5.82 Å². The molecule has 25 heavy (non-hydrogen) atoms. The van der Waals surface area contributed by atoms with Gasteiger partial charge in [-0.2, -0.15) is 0 Å². The molecule has 0 bridgehead atoms. The van der Waals surface area contributed by atoms with E-state index in [0.29, 0.717) is 12.6 Å². The third kappa shape index (κ3) is 4.72. The molecule has 0 atom stereocenters. The summed E-state index contributed by atoms with van der Waals surface area (Å²) in [5.41, 5.74) is 1.97. The molecule has 2 fully saturated rings. The molecule has 1 N–H and O–H groups in total. The van der Waals surface area contributed by atoms with Crippen molar-refractivity contribution in [3.8, 4) is 0 Å². The minimum atomic E-state index is -0.0633. The molecule has 3 rings (SSSR count). The van der Waals surface area contributed by atoms with Crippen LogP contribution in [0, 0.1) is 5.82 Å². The number of benzene rings is 1. The van der Waals surface area contributed by atoms with Crippen LogP contribution < -0.4 is 4.90 Å². The first-order chi connectivity index (χ1) is 12.2. The zero-order chi connectivity index (χ0) is 17.6. The first kappa shape index (κ1) is 18.6. The highest BCUT2D eigenvalue weighted by Crippen LogP contribution is 2.29. The van der Waals surface area contributed by atoms with Crippen LogP contribution in [0.3, 0.4) is 0 Å². The van der Waals surface area contributed by atoms with E-state index in [2.05, 4.69) is 27.8 Å². The van der Waals surface area contributed by atoms with Crippen molar-refractivity contribution < 1.29 is 9.50 Å². The fourth-order valence-corrected chi connectivity index (χ4v) is 4.20.